The van der Waals surface area contributed by atoms with Gasteiger partial charge in [0.15, 0.2) is 17.3 Å². The maximum atomic E-state index is 13.4. The van der Waals surface area contributed by atoms with E-state index in [0.717, 1.165) is 49.7 Å². The van der Waals surface area contributed by atoms with Crippen molar-refractivity contribution in [3.8, 4) is 0 Å². The number of benzene rings is 2. The summed E-state index contributed by atoms with van der Waals surface area (Å²) in [7, 11) is 0. The summed E-state index contributed by atoms with van der Waals surface area (Å²) in [6.45, 7) is 12.8. The van der Waals surface area contributed by atoms with Gasteiger partial charge in [-0.1, -0.05) is 23.9 Å². The second kappa shape index (κ2) is 16.7. The standard InChI is InChI=1S/C42H47N9O5S/c1-6-55-39(53)34-12-13-35(48-47-34)51-20-18-49(19-21-51)32-23-28-10-11-29(22-30(28)24-32)38(52)45-31-8-7-9-33(25-31)57-37-27-43-36(26-44-37)50-16-14-42(5,15-17-50)46-40(54)56-41(2,3)4/h7-17,22,25-27,32H,6,18-21,23-24H2,1-5H3,(H,45,52)(H,46,54). The van der Waals surface area contributed by atoms with Gasteiger partial charge in [-0.3, -0.25) is 9.69 Å². The number of carbonyl (C=O) groups excluding carboxylic acids is 3. The number of aromatic nitrogens is 4. The third kappa shape index (κ3) is 9.96. The Bertz CT molecular complexity index is 2150. The van der Waals surface area contributed by atoms with Gasteiger partial charge >= 0.3 is 12.1 Å². The summed E-state index contributed by atoms with van der Waals surface area (Å²) in [6, 6.07) is 17.6. The molecule has 2 aromatic heterocycles. The van der Waals surface area contributed by atoms with Crippen molar-refractivity contribution >= 4 is 47.1 Å². The number of carbonyl (C=O) groups is 3. The number of rotatable bonds is 10. The van der Waals surface area contributed by atoms with Crippen LogP contribution in [0.4, 0.5) is 22.1 Å². The van der Waals surface area contributed by atoms with Crippen molar-refractivity contribution in [2.45, 2.75) is 74.6 Å². The first-order valence-electron chi connectivity index (χ1n) is 19.0. The number of esters is 1. The summed E-state index contributed by atoms with van der Waals surface area (Å²) in [4.78, 5) is 54.3. The molecule has 1 fully saturated rings. The number of anilines is 3. The van der Waals surface area contributed by atoms with Crippen LogP contribution in [0.2, 0.25) is 0 Å². The monoisotopic (exact) mass is 789 g/mol. The minimum atomic E-state index is -0.703. The van der Waals surface area contributed by atoms with E-state index in [-0.39, 0.29) is 11.6 Å². The lowest BCUT2D eigenvalue weighted by Crippen LogP contribution is -2.51. The molecule has 4 aromatic rings. The van der Waals surface area contributed by atoms with Crippen molar-refractivity contribution in [3.05, 3.63) is 114 Å². The van der Waals surface area contributed by atoms with Crippen molar-refractivity contribution in [1.82, 2.24) is 30.4 Å². The highest BCUT2D eigenvalue weighted by atomic mass is 32.2. The fraction of sp³-hybridized carbons (Fsp3) is 0.357. The van der Waals surface area contributed by atoms with Gasteiger partial charge in [0.2, 0.25) is 0 Å². The van der Waals surface area contributed by atoms with Crippen LogP contribution in [0.15, 0.2) is 101 Å². The van der Waals surface area contributed by atoms with Gasteiger partial charge in [0.1, 0.15) is 10.6 Å². The minimum absolute atomic E-state index is 0.156. The van der Waals surface area contributed by atoms with Crippen LogP contribution < -0.4 is 20.4 Å². The van der Waals surface area contributed by atoms with Crippen molar-refractivity contribution < 1.29 is 23.9 Å². The SMILES string of the molecule is CCOC(=O)c1ccc(N2CCN(C3Cc4ccc(C(=O)Nc5cccc(Sc6cnc(N7C=CC(C)(NC(=O)OC(C)(C)C)C=C7)cn6)c5)cc4C3)CC2)nn1. The molecule has 1 unspecified atom stereocenters. The molecular formula is C42H47N9O5S. The number of alkyl carbamates (subject to hydrolysis) is 1. The number of hydrogen-bond donors (Lipinski definition) is 2. The highest BCUT2D eigenvalue weighted by Gasteiger charge is 2.31. The summed E-state index contributed by atoms with van der Waals surface area (Å²) in [5.41, 5.74) is 2.74. The van der Waals surface area contributed by atoms with Crippen molar-refractivity contribution in [2.75, 3.05) is 47.9 Å². The highest BCUT2D eigenvalue weighted by molar-refractivity contribution is 7.99. The van der Waals surface area contributed by atoms with Crippen molar-refractivity contribution in [2.24, 2.45) is 0 Å². The molecule has 0 saturated carbocycles. The Morgan fingerprint density at radius 3 is 2.35 bits per heavy atom. The fourth-order valence-corrected chi connectivity index (χ4v) is 7.70. The molecule has 15 heteroatoms. The van der Waals surface area contributed by atoms with E-state index in [1.165, 1.54) is 22.9 Å². The van der Waals surface area contributed by atoms with E-state index >= 15 is 0 Å². The molecule has 2 aliphatic heterocycles. The molecule has 57 heavy (non-hydrogen) atoms. The summed E-state index contributed by atoms with van der Waals surface area (Å²) < 4.78 is 10.4. The van der Waals surface area contributed by atoms with Gasteiger partial charge in [0.25, 0.3) is 5.91 Å². The van der Waals surface area contributed by atoms with E-state index in [4.69, 9.17) is 9.47 Å². The maximum absolute atomic E-state index is 13.4. The molecule has 1 aliphatic carbocycles. The first-order valence-corrected chi connectivity index (χ1v) is 19.9. The first-order chi connectivity index (χ1) is 27.3. The lowest BCUT2D eigenvalue weighted by Gasteiger charge is -2.38. The zero-order chi connectivity index (χ0) is 40.2. The number of hydrogen-bond acceptors (Lipinski definition) is 13. The number of amides is 2. The Hall–Kier alpha value is -5.80. The lowest BCUT2D eigenvalue weighted by atomic mass is 10.0. The van der Waals surface area contributed by atoms with Gasteiger partial charge in [0, 0.05) is 60.8 Å². The molecule has 3 aliphatic rings. The molecule has 296 valence electrons. The topological polar surface area (TPSA) is 155 Å². The average Bonchev–Trinajstić information content (AvgIpc) is 3.62. The zero-order valence-electron chi connectivity index (χ0n) is 32.8. The largest absolute Gasteiger partial charge is 0.461 e. The quantitative estimate of drug-likeness (QED) is 0.174. The molecule has 2 N–H and O–H groups in total. The Morgan fingerprint density at radius 1 is 0.895 bits per heavy atom. The number of ether oxygens (including phenoxy) is 2. The van der Waals surface area contributed by atoms with Gasteiger partial charge in [-0.05, 0) is 113 Å². The maximum Gasteiger partial charge on any atom is 0.408 e. The van der Waals surface area contributed by atoms with E-state index in [1.807, 2.05) is 99.6 Å². The van der Waals surface area contributed by atoms with Crippen LogP contribution in [0.1, 0.15) is 66.6 Å². The van der Waals surface area contributed by atoms with Crippen molar-refractivity contribution in [1.29, 1.82) is 0 Å². The van der Waals surface area contributed by atoms with Gasteiger partial charge < -0.3 is 29.9 Å². The molecule has 1 saturated heterocycles. The number of nitrogens with one attached hydrogen (secondary N) is 2. The van der Waals surface area contributed by atoms with E-state index in [1.54, 1.807) is 25.4 Å². The van der Waals surface area contributed by atoms with Crippen LogP contribution in [0.5, 0.6) is 0 Å². The Kier molecular flexibility index (Phi) is 11.6. The van der Waals surface area contributed by atoms with Gasteiger partial charge in [-0.15, -0.1) is 10.2 Å². The third-order valence-electron chi connectivity index (χ3n) is 9.80. The Balaban J connectivity index is 0.891. The average molecular weight is 790 g/mol. The van der Waals surface area contributed by atoms with E-state index in [2.05, 4.69) is 46.7 Å². The van der Waals surface area contributed by atoms with E-state index in [9.17, 15) is 14.4 Å². The first kappa shape index (κ1) is 39.4. The van der Waals surface area contributed by atoms with Crippen molar-refractivity contribution in [3.63, 3.8) is 0 Å². The second-order valence-corrected chi connectivity index (χ2v) is 16.4. The third-order valence-corrected chi connectivity index (χ3v) is 10.7. The molecule has 0 bridgehead atoms. The summed E-state index contributed by atoms with van der Waals surface area (Å²) in [6.07, 6.45) is 12.1. The van der Waals surface area contributed by atoms with E-state index in [0.29, 0.717) is 34.7 Å². The molecular weight excluding hydrogens is 743 g/mol. The molecule has 0 radical (unpaired) electrons. The molecule has 2 amide bonds. The highest BCUT2D eigenvalue weighted by Crippen LogP contribution is 2.31. The Morgan fingerprint density at radius 2 is 1.67 bits per heavy atom. The van der Waals surface area contributed by atoms with E-state index < -0.39 is 23.2 Å². The fourth-order valence-electron chi connectivity index (χ4n) is 6.91. The Labute approximate surface area is 336 Å². The van der Waals surface area contributed by atoms with Crippen LogP contribution in [-0.4, -0.2) is 93.0 Å². The smallest absolute Gasteiger partial charge is 0.408 e. The summed E-state index contributed by atoms with van der Waals surface area (Å²) in [5.74, 6) is 0.762. The van der Waals surface area contributed by atoms with Crippen LogP contribution in [0.3, 0.4) is 0 Å². The lowest BCUT2D eigenvalue weighted by molar-refractivity contribution is 0.0494. The normalized spacial score (nSPS) is 17.5. The van der Waals surface area contributed by atoms with Crippen LogP contribution in [0, 0.1) is 0 Å². The van der Waals surface area contributed by atoms with Gasteiger partial charge in [-0.25, -0.2) is 19.6 Å². The number of piperazine rings is 1. The van der Waals surface area contributed by atoms with Crippen LogP contribution in [0.25, 0.3) is 0 Å². The van der Waals surface area contributed by atoms with Gasteiger partial charge in [0.05, 0.1) is 24.5 Å². The zero-order valence-corrected chi connectivity index (χ0v) is 33.6. The predicted octanol–water partition coefficient (Wildman–Crippen LogP) is 6.27. The molecule has 0 spiro atoms. The molecule has 4 heterocycles. The van der Waals surface area contributed by atoms with Gasteiger partial charge in [-0.2, -0.15) is 0 Å². The summed E-state index contributed by atoms with van der Waals surface area (Å²) >= 11 is 1.45. The number of fused-ring (bicyclic) bond motifs is 1. The predicted molar refractivity (Wildman–Crippen MR) is 218 cm³/mol. The molecule has 14 nitrogen and oxygen atoms in total. The number of nitrogens with zero attached hydrogens (tertiary/aromatic N) is 7. The van der Waals surface area contributed by atoms with Crippen LogP contribution in [-0.2, 0) is 22.3 Å². The summed E-state index contributed by atoms with van der Waals surface area (Å²) in [5, 5.41) is 15.0. The molecule has 1 atom stereocenters. The minimum Gasteiger partial charge on any atom is -0.461 e. The molecule has 2 aromatic carbocycles. The molecule has 7 rings (SSSR count). The van der Waals surface area contributed by atoms with Crippen LogP contribution >= 0.6 is 11.8 Å². The second-order valence-electron chi connectivity index (χ2n) is 15.3.